The Morgan fingerprint density at radius 3 is 2.50 bits per heavy atom. The Bertz CT molecular complexity index is 558. The van der Waals surface area contributed by atoms with Crippen molar-refractivity contribution in [3.63, 3.8) is 0 Å². The van der Waals surface area contributed by atoms with E-state index in [1.807, 2.05) is 37.4 Å². The van der Waals surface area contributed by atoms with Gasteiger partial charge in [-0.1, -0.05) is 54.1 Å². The SMILES string of the molecule is CNC(C)CCC(OCc1cccc(Cl)c1)c1ccccc1. The van der Waals surface area contributed by atoms with E-state index in [0.29, 0.717) is 12.6 Å². The van der Waals surface area contributed by atoms with E-state index in [0.717, 1.165) is 23.4 Å². The van der Waals surface area contributed by atoms with E-state index in [4.69, 9.17) is 16.3 Å². The van der Waals surface area contributed by atoms with Crippen molar-refractivity contribution >= 4 is 11.6 Å². The maximum absolute atomic E-state index is 6.18. The van der Waals surface area contributed by atoms with Gasteiger partial charge in [0.05, 0.1) is 12.7 Å². The summed E-state index contributed by atoms with van der Waals surface area (Å²) in [5.74, 6) is 0. The van der Waals surface area contributed by atoms with Gasteiger partial charge < -0.3 is 10.1 Å². The fourth-order valence-corrected chi connectivity index (χ4v) is 2.60. The molecule has 0 aliphatic carbocycles. The summed E-state index contributed by atoms with van der Waals surface area (Å²) in [6.45, 7) is 2.77. The number of benzene rings is 2. The van der Waals surface area contributed by atoms with Gasteiger partial charge in [-0.15, -0.1) is 0 Å². The van der Waals surface area contributed by atoms with Crippen molar-refractivity contribution in [1.29, 1.82) is 0 Å². The van der Waals surface area contributed by atoms with Crippen molar-refractivity contribution in [2.75, 3.05) is 7.05 Å². The Morgan fingerprint density at radius 1 is 1.05 bits per heavy atom. The summed E-state index contributed by atoms with van der Waals surface area (Å²) in [7, 11) is 2.00. The highest BCUT2D eigenvalue weighted by Crippen LogP contribution is 2.25. The van der Waals surface area contributed by atoms with Crippen LogP contribution in [-0.2, 0) is 11.3 Å². The molecule has 0 bridgehead atoms. The Labute approximate surface area is 138 Å². The standard InChI is InChI=1S/C19H24ClNO/c1-15(21-2)11-12-19(17-8-4-3-5-9-17)22-14-16-7-6-10-18(20)13-16/h3-10,13,15,19,21H,11-12,14H2,1-2H3. The van der Waals surface area contributed by atoms with Gasteiger partial charge in [0.1, 0.15) is 0 Å². The van der Waals surface area contributed by atoms with Gasteiger partial charge >= 0.3 is 0 Å². The zero-order chi connectivity index (χ0) is 15.8. The fourth-order valence-electron chi connectivity index (χ4n) is 2.38. The molecule has 22 heavy (non-hydrogen) atoms. The summed E-state index contributed by atoms with van der Waals surface area (Å²) >= 11 is 6.03. The molecule has 2 unspecified atom stereocenters. The van der Waals surface area contributed by atoms with Gasteiger partial charge in [-0.05, 0) is 50.1 Å². The third-order valence-corrected chi connectivity index (χ3v) is 4.10. The van der Waals surface area contributed by atoms with Crippen molar-refractivity contribution in [3.8, 4) is 0 Å². The van der Waals surface area contributed by atoms with E-state index < -0.39 is 0 Å². The van der Waals surface area contributed by atoms with Crippen LogP contribution in [0.5, 0.6) is 0 Å². The second-order valence-electron chi connectivity index (χ2n) is 5.61. The molecule has 118 valence electrons. The third kappa shape index (κ3) is 5.45. The molecule has 0 spiro atoms. The maximum Gasteiger partial charge on any atom is 0.0830 e. The van der Waals surface area contributed by atoms with Gasteiger partial charge in [0.2, 0.25) is 0 Å². The molecule has 0 aromatic heterocycles. The molecule has 0 fully saturated rings. The molecule has 1 N–H and O–H groups in total. The topological polar surface area (TPSA) is 21.3 Å². The summed E-state index contributed by atoms with van der Waals surface area (Å²) < 4.78 is 6.18. The first-order valence-electron chi connectivity index (χ1n) is 7.77. The van der Waals surface area contributed by atoms with Crippen LogP contribution in [0, 0.1) is 0 Å². The van der Waals surface area contributed by atoms with Crippen LogP contribution in [0.15, 0.2) is 54.6 Å². The first-order valence-corrected chi connectivity index (χ1v) is 8.15. The van der Waals surface area contributed by atoms with Crippen molar-refractivity contribution in [1.82, 2.24) is 5.32 Å². The van der Waals surface area contributed by atoms with Crippen LogP contribution < -0.4 is 5.32 Å². The van der Waals surface area contributed by atoms with Crippen LogP contribution in [0.2, 0.25) is 5.02 Å². The number of rotatable bonds is 8. The van der Waals surface area contributed by atoms with Crippen molar-refractivity contribution in [2.45, 2.75) is 38.5 Å². The van der Waals surface area contributed by atoms with E-state index in [1.165, 1.54) is 5.56 Å². The monoisotopic (exact) mass is 317 g/mol. The second-order valence-corrected chi connectivity index (χ2v) is 6.04. The summed E-state index contributed by atoms with van der Waals surface area (Å²) in [6.07, 6.45) is 2.18. The zero-order valence-corrected chi connectivity index (χ0v) is 14.0. The molecule has 2 aromatic rings. The summed E-state index contributed by atoms with van der Waals surface area (Å²) in [5.41, 5.74) is 2.34. The molecule has 2 nitrogen and oxygen atoms in total. The number of hydrogen-bond donors (Lipinski definition) is 1. The molecule has 0 radical (unpaired) electrons. The van der Waals surface area contributed by atoms with E-state index in [2.05, 4.69) is 36.5 Å². The van der Waals surface area contributed by atoms with E-state index in [9.17, 15) is 0 Å². The highest BCUT2D eigenvalue weighted by atomic mass is 35.5. The Hall–Kier alpha value is -1.35. The van der Waals surface area contributed by atoms with Crippen molar-refractivity contribution in [2.24, 2.45) is 0 Å². The van der Waals surface area contributed by atoms with Crippen LogP contribution in [-0.4, -0.2) is 13.1 Å². The van der Waals surface area contributed by atoms with Gasteiger partial charge in [0.15, 0.2) is 0 Å². The normalized spacial score (nSPS) is 13.8. The average molecular weight is 318 g/mol. The molecular weight excluding hydrogens is 294 g/mol. The molecule has 2 atom stereocenters. The predicted molar refractivity (Wildman–Crippen MR) is 93.2 cm³/mol. The Kier molecular flexibility index (Phi) is 6.91. The molecular formula is C19H24ClNO. The van der Waals surface area contributed by atoms with Gasteiger partial charge in [-0.25, -0.2) is 0 Å². The first kappa shape index (κ1) is 17.0. The molecule has 0 saturated heterocycles. The molecule has 0 saturated carbocycles. The van der Waals surface area contributed by atoms with Gasteiger partial charge in [0.25, 0.3) is 0 Å². The largest absolute Gasteiger partial charge is 0.369 e. The predicted octanol–water partition coefficient (Wildman–Crippen LogP) is 4.99. The summed E-state index contributed by atoms with van der Waals surface area (Å²) in [6, 6.07) is 18.8. The van der Waals surface area contributed by atoms with Crippen LogP contribution >= 0.6 is 11.6 Å². The minimum Gasteiger partial charge on any atom is -0.369 e. The quantitative estimate of drug-likeness (QED) is 0.741. The lowest BCUT2D eigenvalue weighted by molar-refractivity contribution is 0.0312. The van der Waals surface area contributed by atoms with Crippen molar-refractivity contribution < 1.29 is 4.74 Å². The smallest absolute Gasteiger partial charge is 0.0830 e. The minimum atomic E-state index is 0.107. The van der Waals surface area contributed by atoms with Crippen LogP contribution in [0.1, 0.15) is 37.0 Å². The molecule has 2 rings (SSSR count). The molecule has 0 aliphatic rings. The number of halogens is 1. The fraction of sp³-hybridized carbons (Fsp3) is 0.368. The highest BCUT2D eigenvalue weighted by molar-refractivity contribution is 6.30. The molecule has 0 amide bonds. The van der Waals surface area contributed by atoms with Crippen LogP contribution in [0.4, 0.5) is 0 Å². The van der Waals surface area contributed by atoms with Gasteiger partial charge in [-0.3, -0.25) is 0 Å². The number of nitrogens with one attached hydrogen (secondary N) is 1. The second kappa shape index (κ2) is 8.94. The van der Waals surface area contributed by atoms with Gasteiger partial charge in [0, 0.05) is 11.1 Å². The van der Waals surface area contributed by atoms with E-state index in [1.54, 1.807) is 0 Å². The lowest BCUT2D eigenvalue weighted by Crippen LogP contribution is -2.22. The number of ether oxygens (including phenoxy) is 1. The molecule has 2 aromatic carbocycles. The lowest BCUT2D eigenvalue weighted by Gasteiger charge is -2.20. The lowest BCUT2D eigenvalue weighted by atomic mass is 10.0. The molecule has 0 heterocycles. The maximum atomic E-state index is 6.18. The molecule has 0 aliphatic heterocycles. The zero-order valence-electron chi connectivity index (χ0n) is 13.3. The Morgan fingerprint density at radius 2 is 1.82 bits per heavy atom. The van der Waals surface area contributed by atoms with E-state index >= 15 is 0 Å². The average Bonchev–Trinajstić information content (AvgIpc) is 2.55. The molecule has 3 heteroatoms. The van der Waals surface area contributed by atoms with Gasteiger partial charge in [-0.2, -0.15) is 0 Å². The summed E-state index contributed by atoms with van der Waals surface area (Å²) in [5, 5.41) is 4.03. The first-order chi connectivity index (χ1) is 10.7. The van der Waals surface area contributed by atoms with E-state index in [-0.39, 0.29) is 6.10 Å². The highest BCUT2D eigenvalue weighted by Gasteiger charge is 2.13. The van der Waals surface area contributed by atoms with Crippen LogP contribution in [0.25, 0.3) is 0 Å². The van der Waals surface area contributed by atoms with Crippen molar-refractivity contribution in [3.05, 3.63) is 70.7 Å². The Balaban J connectivity index is 2.01. The summed E-state index contributed by atoms with van der Waals surface area (Å²) in [4.78, 5) is 0. The third-order valence-electron chi connectivity index (χ3n) is 3.87. The number of hydrogen-bond acceptors (Lipinski definition) is 2. The van der Waals surface area contributed by atoms with Crippen LogP contribution in [0.3, 0.4) is 0 Å². The minimum absolute atomic E-state index is 0.107.